The minimum Gasteiger partial charge on any atom is -0.256 e. The molecule has 0 unspecified atom stereocenters. The van der Waals surface area contributed by atoms with Crippen molar-refractivity contribution in [2.45, 2.75) is 6.92 Å². The molecule has 2 rings (SSSR count). The van der Waals surface area contributed by atoms with Gasteiger partial charge in [0.25, 0.3) is 0 Å². The Morgan fingerprint density at radius 1 is 1.00 bits per heavy atom. The van der Waals surface area contributed by atoms with Gasteiger partial charge in [-0.05, 0) is 36.2 Å². The van der Waals surface area contributed by atoms with Gasteiger partial charge in [0.2, 0.25) is 0 Å². The highest BCUT2D eigenvalue weighted by Crippen LogP contribution is 2.13. The molecule has 0 heterocycles. The topological polar surface area (TPSA) is 12.4 Å². The maximum Gasteiger partial charge on any atom is 0.126 e. The molecule has 2 aromatic carbocycles. The Hall–Kier alpha value is -1.96. The first-order valence-corrected chi connectivity index (χ1v) is 5.11. The van der Waals surface area contributed by atoms with Crippen LogP contribution < -0.4 is 0 Å². The first kappa shape index (κ1) is 10.6. The van der Waals surface area contributed by atoms with Crippen LogP contribution in [0.25, 0.3) is 0 Å². The third-order valence-corrected chi connectivity index (χ3v) is 2.42. The molecule has 16 heavy (non-hydrogen) atoms. The molecule has 0 N–H and O–H groups in total. The Morgan fingerprint density at radius 2 is 1.75 bits per heavy atom. The van der Waals surface area contributed by atoms with E-state index in [0.29, 0.717) is 5.56 Å². The van der Waals surface area contributed by atoms with Crippen molar-refractivity contribution in [1.82, 2.24) is 0 Å². The Bertz CT molecular complexity index is 503. The molecule has 2 aromatic rings. The predicted octanol–water partition coefficient (Wildman–Crippen LogP) is 3.88. The average Bonchev–Trinajstić information content (AvgIpc) is 2.32. The zero-order valence-electron chi connectivity index (χ0n) is 9.02. The van der Waals surface area contributed by atoms with Gasteiger partial charge in [-0.15, -0.1) is 0 Å². The SMILES string of the molecule is Cc1c(F)cccc1C=Nc1ccccc1. The van der Waals surface area contributed by atoms with Gasteiger partial charge in [0.15, 0.2) is 0 Å². The van der Waals surface area contributed by atoms with Crippen LogP contribution in [-0.2, 0) is 0 Å². The fourth-order valence-electron chi connectivity index (χ4n) is 1.42. The maximum absolute atomic E-state index is 13.2. The van der Waals surface area contributed by atoms with Gasteiger partial charge in [-0.25, -0.2) is 4.39 Å². The average molecular weight is 213 g/mol. The minimum atomic E-state index is -0.197. The summed E-state index contributed by atoms with van der Waals surface area (Å²) in [5.41, 5.74) is 2.30. The monoisotopic (exact) mass is 213 g/mol. The number of nitrogens with zero attached hydrogens (tertiary/aromatic N) is 1. The van der Waals surface area contributed by atoms with Crippen LogP contribution in [0, 0.1) is 12.7 Å². The van der Waals surface area contributed by atoms with Gasteiger partial charge in [-0.1, -0.05) is 30.3 Å². The van der Waals surface area contributed by atoms with Crippen LogP contribution in [0.1, 0.15) is 11.1 Å². The summed E-state index contributed by atoms with van der Waals surface area (Å²) in [5.74, 6) is -0.197. The molecule has 0 aliphatic heterocycles. The zero-order valence-corrected chi connectivity index (χ0v) is 9.02. The summed E-state index contributed by atoms with van der Waals surface area (Å²) in [6.45, 7) is 1.75. The first-order chi connectivity index (χ1) is 7.77. The van der Waals surface area contributed by atoms with E-state index in [0.717, 1.165) is 11.3 Å². The van der Waals surface area contributed by atoms with Crippen molar-refractivity contribution in [2.75, 3.05) is 0 Å². The highest BCUT2D eigenvalue weighted by molar-refractivity contribution is 5.83. The van der Waals surface area contributed by atoms with E-state index in [9.17, 15) is 4.39 Å². The van der Waals surface area contributed by atoms with Crippen LogP contribution in [0.5, 0.6) is 0 Å². The quantitative estimate of drug-likeness (QED) is 0.671. The van der Waals surface area contributed by atoms with Crippen molar-refractivity contribution >= 4 is 11.9 Å². The number of hydrogen-bond acceptors (Lipinski definition) is 1. The van der Waals surface area contributed by atoms with Crippen molar-refractivity contribution in [3.63, 3.8) is 0 Å². The van der Waals surface area contributed by atoms with Crippen LogP contribution in [0.4, 0.5) is 10.1 Å². The van der Waals surface area contributed by atoms with Gasteiger partial charge in [-0.3, -0.25) is 4.99 Å². The third-order valence-electron chi connectivity index (χ3n) is 2.42. The van der Waals surface area contributed by atoms with Crippen LogP contribution in [-0.4, -0.2) is 6.21 Å². The largest absolute Gasteiger partial charge is 0.256 e. The summed E-state index contributed by atoms with van der Waals surface area (Å²) in [6.07, 6.45) is 1.69. The van der Waals surface area contributed by atoms with Gasteiger partial charge in [0, 0.05) is 6.21 Å². The second kappa shape index (κ2) is 4.71. The van der Waals surface area contributed by atoms with E-state index in [4.69, 9.17) is 0 Å². The van der Waals surface area contributed by atoms with E-state index in [-0.39, 0.29) is 5.82 Å². The predicted molar refractivity (Wildman–Crippen MR) is 64.8 cm³/mol. The molecule has 0 atom stereocenters. The summed E-state index contributed by atoms with van der Waals surface area (Å²) in [4.78, 5) is 4.29. The summed E-state index contributed by atoms with van der Waals surface area (Å²) < 4.78 is 13.2. The van der Waals surface area contributed by atoms with Crippen molar-refractivity contribution in [1.29, 1.82) is 0 Å². The lowest BCUT2D eigenvalue weighted by molar-refractivity contribution is 0.618. The normalized spacial score (nSPS) is 10.9. The van der Waals surface area contributed by atoms with Gasteiger partial charge < -0.3 is 0 Å². The number of hydrogen-bond donors (Lipinski definition) is 0. The van der Waals surface area contributed by atoms with Crippen LogP contribution in [0.2, 0.25) is 0 Å². The molecule has 2 heteroatoms. The molecule has 0 amide bonds. The van der Waals surface area contributed by atoms with E-state index in [2.05, 4.69) is 4.99 Å². The summed E-state index contributed by atoms with van der Waals surface area (Å²) in [6, 6.07) is 14.6. The van der Waals surface area contributed by atoms with Crippen LogP contribution in [0.15, 0.2) is 53.5 Å². The van der Waals surface area contributed by atoms with Gasteiger partial charge >= 0.3 is 0 Å². The fourth-order valence-corrected chi connectivity index (χ4v) is 1.42. The van der Waals surface area contributed by atoms with Crippen LogP contribution in [0.3, 0.4) is 0 Å². The first-order valence-electron chi connectivity index (χ1n) is 5.11. The lowest BCUT2D eigenvalue weighted by atomic mass is 10.1. The number of benzene rings is 2. The van der Waals surface area contributed by atoms with Gasteiger partial charge in [0.05, 0.1) is 5.69 Å². The molecular formula is C14H12FN. The van der Waals surface area contributed by atoms with E-state index < -0.39 is 0 Å². The molecule has 1 nitrogen and oxygen atoms in total. The highest BCUT2D eigenvalue weighted by atomic mass is 19.1. The summed E-state index contributed by atoms with van der Waals surface area (Å²) >= 11 is 0. The standard InChI is InChI=1S/C14H12FN/c1-11-12(6-5-9-14(11)15)10-16-13-7-3-2-4-8-13/h2-10H,1H3. The second-order valence-corrected chi connectivity index (χ2v) is 3.55. The van der Waals surface area contributed by atoms with Crippen molar-refractivity contribution in [2.24, 2.45) is 4.99 Å². The second-order valence-electron chi connectivity index (χ2n) is 3.55. The Kier molecular flexibility index (Phi) is 3.10. The summed E-state index contributed by atoms with van der Waals surface area (Å²) in [7, 11) is 0. The third kappa shape index (κ3) is 2.34. The van der Waals surface area contributed by atoms with Crippen LogP contribution >= 0.6 is 0 Å². The number of rotatable bonds is 2. The van der Waals surface area contributed by atoms with Gasteiger partial charge in [0.1, 0.15) is 5.82 Å². The number of aliphatic imine (C=N–C) groups is 1. The van der Waals surface area contributed by atoms with E-state index in [1.165, 1.54) is 6.07 Å². The number of para-hydroxylation sites is 1. The number of halogens is 1. The molecule has 0 saturated carbocycles. The van der Waals surface area contributed by atoms with Crippen molar-refractivity contribution < 1.29 is 4.39 Å². The molecule has 0 radical (unpaired) electrons. The molecule has 0 aliphatic rings. The lowest BCUT2D eigenvalue weighted by Gasteiger charge is -2.00. The lowest BCUT2D eigenvalue weighted by Crippen LogP contribution is -1.90. The summed E-state index contributed by atoms with van der Waals surface area (Å²) in [5, 5.41) is 0. The highest BCUT2D eigenvalue weighted by Gasteiger charge is 1.99. The van der Waals surface area contributed by atoms with E-state index >= 15 is 0 Å². The molecule has 0 saturated heterocycles. The molecule has 0 fully saturated rings. The smallest absolute Gasteiger partial charge is 0.126 e. The molecule has 80 valence electrons. The minimum absolute atomic E-state index is 0.197. The molecule has 0 aliphatic carbocycles. The maximum atomic E-state index is 13.2. The Morgan fingerprint density at radius 3 is 2.50 bits per heavy atom. The van der Waals surface area contributed by atoms with E-state index in [1.807, 2.05) is 36.4 Å². The molecule has 0 spiro atoms. The Labute approximate surface area is 94.3 Å². The van der Waals surface area contributed by atoms with E-state index in [1.54, 1.807) is 19.2 Å². The zero-order chi connectivity index (χ0) is 11.4. The molecular weight excluding hydrogens is 201 g/mol. The van der Waals surface area contributed by atoms with Crippen molar-refractivity contribution in [3.05, 3.63) is 65.5 Å². The Balaban J connectivity index is 2.28. The fraction of sp³-hybridized carbons (Fsp3) is 0.0714. The van der Waals surface area contributed by atoms with Crippen molar-refractivity contribution in [3.8, 4) is 0 Å². The molecule has 0 aromatic heterocycles. The van der Waals surface area contributed by atoms with Gasteiger partial charge in [-0.2, -0.15) is 0 Å². The molecule has 0 bridgehead atoms.